The van der Waals surface area contributed by atoms with Gasteiger partial charge in [0.25, 0.3) is 0 Å². The first kappa shape index (κ1) is 20.2. The molecule has 0 radical (unpaired) electrons. The normalized spacial score (nSPS) is 22.7. The van der Waals surface area contributed by atoms with E-state index in [1.807, 2.05) is 24.3 Å². The number of amides is 1. The molecule has 2 aromatic carbocycles. The Hall–Kier alpha value is -3.05. The largest absolute Gasteiger partial charge is 0.462 e. The molecular formula is C24H23ClN2O3. The molecule has 6 heteroatoms. The van der Waals surface area contributed by atoms with Gasteiger partial charge in [0.1, 0.15) is 0 Å². The summed E-state index contributed by atoms with van der Waals surface area (Å²) in [6.07, 6.45) is 2.59. The third kappa shape index (κ3) is 4.12. The number of nitrogens with two attached hydrogens (primary N) is 1. The van der Waals surface area contributed by atoms with Gasteiger partial charge in [-0.05, 0) is 42.5 Å². The second-order valence-corrected chi connectivity index (χ2v) is 8.18. The van der Waals surface area contributed by atoms with Crippen molar-refractivity contribution in [2.75, 3.05) is 6.61 Å². The molecule has 0 spiro atoms. The van der Waals surface area contributed by atoms with Gasteiger partial charge in [-0.15, -0.1) is 0 Å². The molecule has 0 bridgehead atoms. The number of primary amides is 1. The number of nitrogens with one attached hydrogen (secondary N) is 1. The molecule has 1 amide bonds. The van der Waals surface area contributed by atoms with E-state index in [2.05, 4.69) is 17.4 Å². The lowest BCUT2D eigenvalue weighted by atomic mass is 9.82. The zero-order chi connectivity index (χ0) is 21.3. The molecule has 3 atom stereocenters. The maximum Gasteiger partial charge on any atom is 0.336 e. The first-order valence-electron chi connectivity index (χ1n) is 9.90. The van der Waals surface area contributed by atoms with Crippen LogP contribution in [0.25, 0.3) is 0 Å². The highest BCUT2D eigenvalue weighted by Crippen LogP contribution is 2.47. The molecule has 0 saturated heterocycles. The van der Waals surface area contributed by atoms with E-state index < -0.39 is 17.8 Å². The number of hydrogen-bond acceptors (Lipinski definition) is 4. The minimum Gasteiger partial charge on any atom is -0.462 e. The Bertz CT molecular complexity index is 1050. The molecule has 5 nitrogen and oxygen atoms in total. The Kier molecular flexibility index (Phi) is 5.64. The molecule has 3 N–H and O–H groups in total. The van der Waals surface area contributed by atoms with Gasteiger partial charge in [0.05, 0.1) is 12.2 Å². The number of esters is 1. The van der Waals surface area contributed by atoms with Gasteiger partial charge in [-0.25, -0.2) is 4.79 Å². The van der Waals surface area contributed by atoms with Crippen molar-refractivity contribution in [3.05, 3.63) is 93.8 Å². The molecule has 2 aliphatic rings. The maximum absolute atomic E-state index is 13.0. The second-order valence-electron chi connectivity index (χ2n) is 7.75. The molecule has 0 aromatic heterocycles. The Morgan fingerprint density at radius 3 is 2.57 bits per heavy atom. The summed E-state index contributed by atoms with van der Waals surface area (Å²) in [5, 5.41) is 3.50. The average Bonchev–Trinajstić information content (AvgIpc) is 3.52. The number of allylic oxidation sites excluding steroid dienone is 1. The first-order chi connectivity index (χ1) is 14.5. The highest BCUT2D eigenvalue weighted by Gasteiger charge is 2.40. The summed E-state index contributed by atoms with van der Waals surface area (Å²) in [5.41, 5.74) is 8.92. The number of hydrogen-bond donors (Lipinski definition) is 2. The molecule has 30 heavy (non-hydrogen) atoms. The predicted molar refractivity (Wildman–Crippen MR) is 116 cm³/mol. The highest BCUT2D eigenvalue weighted by atomic mass is 35.5. The number of ether oxygens (including phenoxy) is 1. The number of halogens is 1. The summed E-state index contributed by atoms with van der Waals surface area (Å²) in [6.45, 7) is 2.09. The van der Waals surface area contributed by atoms with Gasteiger partial charge >= 0.3 is 5.97 Å². The summed E-state index contributed by atoms with van der Waals surface area (Å²) < 4.78 is 5.65. The quantitative estimate of drug-likeness (QED) is 0.689. The van der Waals surface area contributed by atoms with Crippen molar-refractivity contribution in [2.45, 2.75) is 25.2 Å². The lowest BCUT2D eigenvalue weighted by molar-refractivity contribution is -0.139. The third-order valence-corrected chi connectivity index (χ3v) is 5.94. The Morgan fingerprint density at radius 2 is 1.87 bits per heavy atom. The van der Waals surface area contributed by atoms with Crippen LogP contribution >= 0.6 is 11.6 Å². The molecule has 3 unspecified atom stereocenters. The van der Waals surface area contributed by atoms with Crippen molar-refractivity contribution in [3.8, 4) is 0 Å². The van der Waals surface area contributed by atoms with Gasteiger partial charge in [0, 0.05) is 34.3 Å². The highest BCUT2D eigenvalue weighted by molar-refractivity contribution is 6.30. The standard InChI is InChI=1S/C24H23ClN2O3/c1-14-21(23(26)28)22(16-8-5-9-18(25)10-16)20(12-27-14)24(29)30-13-17-11-19(17)15-6-3-2-4-7-15/h2-10,12,17,19,22,27H,11,13H2,1H3,(H2,26,28). The minimum atomic E-state index is -0.626. The Morgan fingerprint density at radius 1 is 1.13 bits per heavy atom. The summed E-state index contributed by atoms with van der Waals surface area (Å²) >= 11 is 6.16. The second kappa shape index (κ2) is 8.36. The van der Waals surface area contributed by atoms with Crippen LogP contribution in [0.4, 0.5) is 0 Å². The predicted octanol–water partition coefficient (Wildman–Crippen LogP) is 4.02. The lowest BCUT2D eigenvalue weighted by Gasteiger charge is -2.27. The monoisotopic (exact) mass is 422 g/mol. The molecule has 4 rings (SSSR count). The van der Waals surface area contributed by atoms with E-state index in [9.17, 15) is 9.59 Å². The molecule has 1 aliphatic carbocycles. The topological polar surface area (TPSA) is 81.4 Å². The molecule has 1 aliphatic heterocycles. The van der Waals surface area contributed by atoms with E-state index in [1.54, 1.807) is 31.3 Å². The van der Waals surface area contributed by atoms with E-state index in [0.29, 0.717) is 45.9 Å². The Balaban J connectivity index is 1.51. The van der Waals surface area contributed by atoms with Gasteiger partial charge in [0.2, 0.25) is 5.91 Å². The van der Waals surface area contributed by atoms with Crippen LogP contribution in [0.2, 0.25) is 5.02 Å². The molecular weight excluding hydrogens is 400 g/mol. The van der Waals surface area contributed by atoms with E-state index in [4.69, 9.17) is 22.1 Å². The summed E-state index contributed by atoms with van der Waals surface area (Å²) in [7, 11) is 0. The fourth-order valence-electron chi connectivity index (χ4n) is 4.06. The van der Waals surface area contributed by atoms with Crippen LogP contribution in [-0.2, 0) is 14.3 Å². The van der Waals surface area contributed by atoms with E-state index in [0.717, 1.165) is 6.42 Å². The van der Waals surface area contributed by atoms with Gasteiger partial charge in [-0.2, -0.15) is 0 Å². The fourth-order valence-corrected chi connectivity index (χ4v) is 4.26. The van der Waals surface area contributed by atoms with Crippen molar-refractivity contribution in [1.29, 1.82) is 0 Å². The van der Waals surface area contributed by atoms with Gasteiger partial charge in [-0.3, -0.25) is 4.79 Å². The van der Waals surface area contributed by atoms with Crippen LogP contribution in [0.5, 0.6) is 0 Å². The minimum absolute atomic E-state index is 0.311. The lowest BCUT2D eigenvalue weighted by Crippen LogP contribution is -2.32. The van der Waals surface area contributed by atoms with Crippen LogP contribution in [0.15, 0.2) is 77.6 Å². The van der Waals surface area contributed by atoms with Crippen molar-refractivity contribution in [2.24, 2.45) is 11.7 Å². The molecule has 1 fully saturated rings. The molecule has 2 aromatic rings. The van der Waals surface area contributed by atoms with Crippen molar-refractivity contribution < 1.29 is 14.3 Å². The van der Waals surface area contributed by atoms with E-state index in [1.165, 1.54) is 5.56 Å². The summed E-state index contributed by atoms with van der Waals surface area (Å²) in [5.74, 6) is -0.943. The molecule has 154 valence electrons. The van der Waals surface area contributed by atoms with Crippen LogP contribution in [0.1, 0.15) is 36.3 Å². The SMILES string of the molecule is CC1=C(C(N)=O)C(c2cccc(Cl)c2)C(C(=O)OCC2CC2c2ccccc2)=CN1. The van der Waals surface area contributed by atoms with Crippen LogP contribution < -0.4 is 11.1 Å². The molecule has 1 heterocycles. The van der Waals surface area contributed by atoms with Gasteiger partial charge in [-0.1, -0.05) is 54.1 Å². The van der Waals surface area contributed by atoms with Crippen molar-refractivity contribution in [1.82, 2.24) is 5.32 Å². The first-order valence-corrected chi connectivity index (χ1v) is 10.3. The van der Waals surface area contributed by atoms with Crippen molar-refractivity contribution in [3.63, 3.8) is 0 Å². The van der Waals surface area contributed by atoms with Gasteiger partial charge < -0.3 is 15.8 Å². The zero-order valence-corrected chi connectivity index (χ0v) is 17.4. The molecule has 1 saturated carbocycles. The smallest absolute Gasteiger partial charge is 0.336 e. The number of carbonyl (C=O) groups excluding carboxylic acids is 2. The third-order valence-electron chi connectivity index (χ3n) is 5.71. The van der Waals surface area contributed by atoms with Gasteiger partial charge in [0.15, 0.2) is 0 Å². The summed E-state index contributed by atoms with van der Waals surface area (Å²) in [6, 6.07) is 17.3. The van der Waals surface area contributed by atoms with Crippen molar-refractivity contribution >= 4 is 23.5 Å². The van der Waals surface area contributed by atoms with Crippen LogP contribution in [0.3, 0.4) is 0 Å². The maximum atomic E-state index is 13.0. The summed E-state index contributed by atoms with van der Waals surface area (Å²) in [4.78, 5) is 25.2. The number of benzene rings is 2. The average molecular weight is 423 g/mol. The van der Waals surface area contributed by atoms with Crippen LogP contribution in [-0.4, -0.2) is 18.5 Å². The van der Waals surface area contributed by atoms with E-state index in [-0.39, 0.29) is 0 Å². The van der Waals surface area contributed by atoms with Crippen LogP contribution in [0, 0.1) is 5.92 Å². The number of rotatable bonds is 6. The zero-order valence-electron chi connectivity index (χ0n) is 16.6. The fraction of sp³-hybridized carbons (Fsp3) is 0.250. The van der Waals surface area contributed by atoms with E-state index >= 15 is 0 Å². The number of carbonyl (C=O) groups is 2. The number of dihydropyridines is 1. The Labute approximate surface area is 180 Å².